The van der Waals surface area contributed by atoms with E-state index in [4.69, 9.17) is 2.74 Å². The second kappa shape index (κ2) is 9.41. The van der Waals surface area contributed by atoms with Crippen molar-refractivity contribution in [2.45, 2.75) is 70.4 Å². The Hall–Kier alpha value is -2.53. The van der Waals surface area contributed by atoms with E-state index >= 15 is 0 Å². The minimum absolute atomic E-state index is 0.0149. The molecular weight excluding hydrogens is 501 g/mol. The van der Waals surface area contributed by atoms with E-state index in [0.29, 0.717) is 12.1 Å². The molecule has 4 rings (SSSR count). The summed E-state index contributed by atoms with van der Waals surface area (Å²) in [6.07, 6.45) is -7.64. The van der Waals surface area contributed by atoms with Gasteiger partial charge in [0.1, 0.15) is 6.04 Å². The summed E-state index contributed by atoms with van der Waals surface area (Å²) in [5, 5.41) is -0.855. The van der Waals surface area contributed by atoms with Gasteiger partial charge in [0.2, 0.25) is 10.0 Å². The molecule has 2 heterocycles. The molecule has 196 valence electrons. The minimum Gasteiger partial charge on any atom is -0.347 e. The lowest BCUT2D eigenvalue weighted by molar-refractivity contribution is -0.140. The third-order valence-corrected chi connectivity index (χ3v) is 7.80. The van der Waals surface area contributed by atoms with Crippen LogP contribution >= 0.6 is 0 Å². The predicted octanol–water partition coefficient (Wildman–Crippen LogP) is 6.55. The molecule has 1 atom stereocenters. The summed E-state index contributed by atoms with van der Waals surface area (Å²) in [7, 11) is -4.27. The summed E-state index contributed by atoms with van der Waals surface area (Å²) >= 11 is 0. The van der Waals surface area contributed by atoms with E-state index in [-0.39, 0.29) is 40.3 Å². The van der Waals surface area contributed by atoms with E-state index < -0.39 is 46.0 Å². The van der Waals surface area contributed by atoms with Crippen LogP contribution in [0.2, 0.25) is 0 Å². The van der Waals surface area contributed by atoms with Crippen molar-refractivity contribution in [3.8, 4) is 11.1 Å². The van der Waals surface area contributed by atoms with Crippen LogP contribution < -0.4 is 4.72 Å². The van der Waals surface area contributed by atoms with Crippen molar-refractivity contribution in [2.24, 2.45) is 5.41 Å². The molecule has 1 aromatic carbocycles. The smallest absolute Gasteiger partial charge is 0.347 e. The molecule has 36 heavy (non-hydrogen) atoms. The number of fused-ring (bicyclic) bond motifs is 1. The SMILES string of the molecule is [2H]C1([2H])CC(S(=O)(=O)N[C@@H](c2cn(CC(C)(C)C)c3cc(-c4cccnc4C(F)(F)F)ccc23)C(F)F)C1. The molecule has 0 saturated heterocycles. The number of aromatic nitrogens is 2. The van der Waals surface area contributed by atoms with Crippen LogP contribution in [0.3, 0.4) is 0 Å². The van der Waals surface area contributed by atoms with Crippen molar-refractivity contribution in [2.75, 3.05) is 0 Å². The Labute approximate surface area is 209 Å². The largest absolute Gasteiger partial charge is 0.433 e. The molecule has 11 heteroatoms. The second-order valence-corrected chi connectivity index (χ2v) is 12.1. The van der Waals surface area contributed by atoms with Gasteiger partial charge in [-0.3, -0.25) is 4.98 Å². The van der Waals surface area contributed by atoms with Crippen molar-refractivity contribution in [1.29, 1.82) is 0 Å². The molecule has 0 bridgehead atoms. The van der Waals surface area contributed by atoms with Crippen molar-refractivity contribution in [3.05, 3.63) is 54.0 Å². The van der Waals surface area contributed by atoms with Gasteiger partial charge >= 0.3 is 6.18 Å². The predicted molar refractivity (Wildman–Crippen MR) is 128 cm³/mol. The molecule has 0 radical (unpaired) electrons. The first-order chi connectivity index (χ1) is 17.4. The summed E-state index contributed by atoms with van der Waals surface area (Å²) < 4.78 is 114. The number of halogens is 5. The monoisotopic (exact) mass is 531 g/mol. The Bertz CT molecular complexity index is 1440. The lowest BCUT2D eigenvalue weighted by Gasteiger charge is -2.28. The number of nitrogens with one attached hydrogen (secondary N) is 1. The molecule has 3 aromatic rings. The van der Waals surface area contributed by atoms with Gasteiger partial charge in [-0.05, 0) is 36.0 Å². The number of nitrogens with zero attached hydrogens (tertiary/aromatic N) is 2. The first kappa shape index (κ1) is 23.8. The number of alkyl halides is 5. The fourth-order valence-corrected chi connectivity index (χ4v) is 5.70. The highest BCUT2D eigenvalue weighted by Gasteiger charge is 2.38. The summed E-state index contributed by atoms with van der Waals surface area (Å²) in [5.74, 6) is 0. The van der Waals surface area contributed by atoms with Crippen LogP contribution in [0.25, 0.3) is 22.0 Å². The Morgan fingerprint density at radius 2 is 1.89 bits per heavy atom. The lowest BCUT2D eigenvalue weighted by atomic mass is 9.96. The molecule has 1 N–H and O–H groups in total. The molecule has 5 nitrogen and oxygen atoms in total. The fourth-order valence-electron chi connectivity index (χ4n) is 4.25. The molecule has 0 amide bonds. The van der Waals surface area contributed by atoms with Gasteiger partial charge in [0.05, 0.1) is 5.25 Å². The van der Waals surface area contributed by atoms with Gasteiger partial charge in [0, 0.05) is 43.7 Å². The third-order valence-electron chi connectivity index (χ3n) is 6.01. The first-order valence-electron chi connectivity index (χ1n) is 12.3. The van der Waals surface area contributed by atoms with E-state index in [1.54, 1.807) is 4.57 Å². The number of rotatable bonds is 7. The topological polar surface area (TPSA) is 64.0 Å². The molecule has 2 aromatic heterocycles. The average molecular weight is 532 g/mol. The lowest BCUT2D eigenvalue weighted by Crippen LogP contribution is -2.42. The zero-order chi connectivity index (χ0) is 28.3. The zero-order valence-corrected chi connectivity index (χ0v) is 20.7. The van der Waals surface area contributed by atoms with Gasteiger partial charge in [-0.2, -0.15) is 13.2 Å². The van der Waals surface area contributed by atoms with Crippen LogP contribution in [-0.2, 0) is 22.7 Å². The van der Waals surface area contributed by atoms with Gasteiger partial charge in [-0.25, -0.2) is 21.9 Å². The molecule has 1 saturated carbocycles. The molecule has 1 aliphatic rings. The molecule has 1 aliphatic carbocycles. The van der Waals surface area contributed by atoms with Crippen LogP contribution in [0.4, 0.5) is 22.0 Å². The highest BCUT2D eigenvalue weighted by atomic mass is 32.2. The van der Waals surface area contributed by atoms with Gasteiger partial charge in [0.15, 0.2) is 5.69 Å². The van der Waals surface area contributed by atoms with E-state index in [9.17, 15) is 30.4 Å². The van der Waals surface area contributed by atoms with Crippen LogP contribution in [-0.4, -0.2) is 29.6 Å². The maximum absolute atomic E-state index is 14.3. The molecule has 0 spiro atoms. The highest BCUT2D eigenvalue weighted by molar-refractivity contribution is 7.90. The van der Waals surface area contributed by atoms with Crippen molar-refractivity contribution in [1.82, 2.24) is 14.3 Å². The Morgan fingerprint density at radius 1 is 1.19 bits per heavy atom. The summed E-state index contributed by atoms with van der Waals surface area (Å²) in [5.41, 5.74) is -1.05. The number of benzene rings is 1. The number of sulfonamides is 1. The average Bonchev–Trinajstić information content (AvgIpc) is 3.11. The zero-order valence-electron chi connectivity index (χ0n) is 21.9. The standard InChI is InChI=1S/C25H28F5N3O2S/c1-24(2,3)14-33-13-19(21(23(26)27)32-36(34,35)16-6-4-7-16)18-10-9-15(12-20(18)33)17-8-5-11-31-22(17)25(28,29)30/h5,8-13,16,21,23,32H,4,6-7,14H2,1-3H3/t21-/m0/s1/i4D2. The Balaban J connectivity index is 1.83. The Kier molecular flexibility index (Phi) is 6.23. The minimum atomic E-state index is -4.71. The van der Waals surface area contributed by atoms with Gasteiger partial charge in [-0.15, -0.1) is 0 Å². The van der Waals surface area contributed by atoms with Gasteiger partial charge < -0.3 is 4.57 Å². The number of pyridine rings is 1. The van der Waals surface area contributed by atoms with Crippen molar-refractivity contribution in [3.63, 3.8) is 0 Å². The quantitative estimate of drug-likeness (QED) is 0.352. The van der Waals surface area contributed by atoms with Gasteiger partial charge in [-0.1, -0.05) is 45.3 Å². The van der Waals surface area contributed by atoms with E-state index in [1.807, 2.05) is 20.8 Å². The Morgan fingerprint density at radius 3 is 2.47 bits per heavy atom. The third kappa shape index (κ3) is 5.41. The molecule has 0 unspecified atom stereocenters. The number of hydrogen-bond donors (Lipinski definition) is 1. The van der Waals surface area contributed by atoms with E-state index in [1.165, 1.54) is 36.5 Å². The summed E-state index contributed by atoms with van der Waals surface area (Å²) in [6.45, 7) is 6.03. The first-order valence-corrected chi connectivity index (χ1v) is 12.9. The second-order valence-electron chi connectivity index (χ2n) is 10.2. The fraction of sp³-hybridized carbons (Fsp3) is 0.480. The van der Waals surface area contributed by atoms with Crippen LogP contribution in [0.15, 0.2) is 42.7 Å². The molecule has 0 aliphatic heterocycles. The maximum atomic E-state index is 14.3. The van der Waals surface area contributed by atoms with Crippen molar-refractivity contribution < 1.29 is 33.1 Å². The van der Waals surface area contributed by atoms with E-state index in [0.717, 1.165) is 6.20 Å². The van der Waals surface area contributed by atoms with Crippen molar-refractivity contribution >= 4 is 20.9 Å². The summed E-state index contributed by atoms with van der Waals surface area (Å²) in [6, 6.07) is 4.98. The highest BCUT2D eigenvalue weighted by Crippen LogP contribution is 2.39. The van der Waals surface area contributed by atoms with Crippen LogP contribution in [0.1, 0.15) is 60.0 Å². The van der Waals surface area contributed by atoms with Crippen LogP contribution in [0.5, 0.6) is 0 Å². The summed E-state index contributed by atoms with van der Waals surface area (Å²) in [4.78, 5) is 3.49. The normalized spacial score (nSPS) is 18.7. The van der Waals surface area contributed by atoms with E-state index in [2.05, 4.69) is 9.71 Å². The molecule has 1 fully saturated rings. The van der Waals surface area contributed by atoms with Crippen LogP contribution in [0, 0.1) is 5.41 Å². The maximum Gasteiger partial charge on any atom is 0.433 e. The van der Waals surface area contributed by atoms with Gasteiger partial charge in [0.25, 0.3) is 6.43 Å². The number of hydrogen-bond acceptors (Lipinski definition) is 3. The molecular formula is C25H28F5N3O2S.